The van der Waals surface area contributed by atoms with Crippen LogP contribution in [0.15, 0.2) is 12.1 Å². The molecule has 0 spiro atoms. The van der Waals surface area contributed by atoms with Crippen LogP contribution in [0.3, 0.4) is 0 Å². The zero-order valence-corrected chi connectivity index (χ0v) is 13.7. The zero-order chi connectivity index (χ0) is 14.7. The molecular formula is C16H22BrF2N. The van der Waals surface area contributed by atoms with Gasteiger partial charge in [-0.3, -0.25) is 0 Å². The summed E-state index contributed by atoms with van der Waals surface area (Å²) in [6.07, 6.45) is 5.57. The van der Waals surface area contributed by atoms with E-state index < -0.39 is 11.6 Å². The first kappa shape index (κ1) is 15.7. The minimum absolute atomic E-state index is 0.120. The molecule has 20 heavy (non-hydrogen) atoms. The number of halogens is 3. The van der Waals surface area contributed by atoms with Gasteiger partial charge in [-0.15, -0.1) is 0 Å². The molecule has 2 rings (SSSR count). The third-order valence-corrected chi connectivity index (χ3v) is 5.17. The zero-order valence-electron chi connectivity index (χ0n) is 12.1. The van der Waals surface area contributed by atoms with Crippen LogP contribution in [-0.2, 0) is 5.33 Å². The van der Waals surface area contributed by atoms with E-state index in [0.29, 0.717) is 10.9 Å². The van der Waals surface area contributed by atoms with Gasteiger partial charge in [0.25, 0.3) is 0 Å². The Morgan fingerprint density at radius 1 is 1.15 bits per heavy atom. The summed E-state index contributed by atoms with van der Waals surface area (Å²) in [6.45, 7) is 2.22. The second-order valence-corrected chi connectivity index (χ2v) is 6.30. The molecule has 1 aromatic carbocycles. The van der Waals surface area contributed by atoms with Gasteiger partial charge in [0.2, 0.25) is 0 Å². The first-order valence-corrected chi connectivity index (χ1v) is 8.45. The van der Waals surface area contributed by atoms with Crippen molar-refractivity contribution in [3.05, 3.63) is 29.3 Å². The lowest BCUT2D eigenvalue weighted by Gasteiger charge is -2.36. The van der Waals surface area contributed by atoms with E-state index in [1.54, 1.807) is 4.90 Å². The predicted molar refractivity (Wildman–Crippen MR) is 83.4 cm³/mol. The normalized spacial score (nSPS) is 22.9. The average Bonchev–Trinajstić information content (AvgIpc) is 2.46. The number of alkyl halides is 1. The second-order valence-electron chi connectivity index (χ2n) is 5.74. The Hall–Kier alpha value is -0.640. The number of nitrogens with zero attached hydrogens (tertiary/aromatic N) is 1. The van der Waals surface area contributed by atoms with Crippen molar-refractivity contribution in [2.75, 3.05) is 11.9 Å². The van der Waals surface area contributed by atoms with Crippen molar-refractivity contribution < 1.29 is 8.78 Å². The van der Waals surface area contributed by atoms with Crippen LogP contribution in [0.4, 0.5) is 14.5 Å². The van der Waals surface area contributed by atoms with Gasteiger partial charge in [0.1, 0.15) is 17.3 Å². The molecule has 1 aromatic rings. The van der Waals surface area contributed by atoms with Gasteiger partial charge in [0.05, 0.1) is 0 Å². The Balaban J connectivity index is 2.15. The summed E-state index contributed by atoms with van der Waals surface area (Å²) in [7, 11) is 1.81. The third kappa shape index (κ3) is 3.33. The molecule has 0 heterocycles. The quantitative estimate of drug-likeness (QED) is 0.672. The van der Waals surface area contributed by atoms with Gasteiger partial charge in [-0.05, 0) is 49.3 Å². The molecule has 0 N–H and O–H groups in total. The van der Waals surface area contributed by atoms with Crippen molar-refractivity contribution in [3.63, 3.8) is 0 Å². The molecule has 0 aromatic heterocycles. The van der Waals surface area contributed by atoms with Gasteiger partial charge < -0.3 is 4.90 Å². The lowest BCUT2D eigenvalue weighted by atomic mass is 9.84. The minimum atomic E-state index is -0.459. The highest BCUT2D eigenvalue weighted by molar-refractivity contribution is 9.08. The highest BCUT2D eigenvalue weighted by atomic mass is 79.9. The van der Waals surface area contributed by atoms with Crippen LogP contribution in [0.1, 0.15) is 44.6 Å². The van der Waals surface area contributed by atoms with Gasteiger partial charge in [-0.1, -0.05) is 29.3 Å². The summed E-state index contributed by atoms with van der Waals surface area (Å²) < 4.78 is 28.3. The number of anilines is 1. The van der Waals surface area contributed by atoms with Crippen LogP contribution in [0.2, 0.25) is 0 Å². The van der Waals surface area contributed by atoms with Gasteiger partial charge in [-0.2, -0.15) is 0 Å². The van der Waals surface area contributed by atoms with Crippen LogP contribution in [0.25, 0.3) is 0 Å². The van der Waals surface area contributed by atoms with Crippen molar-refractivity contribution in [1.29, 1.82) is 0 Å². The van der Waals surface area contributed by atoms with Crippen molar-refractivity contribution in [1.82, 2.24) is 0 Å². The van der Waals surface area contributed by atoms with Gasteiger partial charge in [-0.25, -0.2) is 8.78 Å². The lowest BCUT2D eigenvalue weighted by molar-refractivity contribution is 0.311. The molecule has 0 amide bonds. The summed E-state index contributed by atoms with van der Waals surface area (Å²) >= 11 is 3.23. The van der Waals surface area contributed by atoms with E-state index in [1.807, 2.05) is 7.05 Å². The molecule has 0 saturated heterocycles. The topological polar surface area (TPSA) is 3.24 Å². The fourth-order valence-corrected chi connectivity index (χ4v) is 3.48. The van der Waals surface area contributed by atoms with E-state index in [2.05, 4.69) is 22.9 Å². The first-order chi connectivity index (χ1) is 9.56. The predicted octanol–water partition coefficient (Wildman–Crippen LogP) is 5.26. The molecular weight excluding hydrogens is 324 g/mol. The molecule has 1 fully saturated rings. The molecule has 4 heteroatoms. The molecule has 112 valence electrons. The van der Waals surface area contributed by atoms with E-state index in [4.69, 9.17) is 0 Å². The fraction of sp³-hybridized carbons (Fsp3) is 0.625. The van der Waals surface area contributed by atoms with E-state index in [0.717, 1.165) is 31.6 Å². The van der Waals surface area contributed by atoms with Gasteiger partial charge in [0.15, 0.2) is 0 Å². The van der Waals surface area contributed by atoms with Gasteiger partial charge >= 0.3 is 0 Å². The smallest absolute Gasteiger partial charge is 0.149 e. The number of hydrogen-bond acceptors (Lipinski definition) is 1. The van der Waals surface area contributed by atoms with E-state index in [9.17, 15) is 8.78 Å². The molecule has 1 aliphatic rings. The minimum Gasteiger partial charge on any atom is -0.367 e. The highest BCUT2D eigenvalue weighted by Gasteiger charge is 2.26. The summed E-state index contributed by atoms with van der Waals surface area (Å²) in [5.74, 6) is -0.135. The summed E-state index contributed by atoms with van der Waals surface area (Å²) in [5.41, 5.74) is 0.751. The second kappa shape index (κ2) is 6.88. The van der Waals surface area contributed by atoms with Crippen molar-refractivity contribution >= 4 is 21.6 Å². The van der Waals surface area contributed by atoms with Crippen LogP contribution in [-0.4, -0.2) is 13.1 Å². The van der Waals surface area contributed by atoms with Crippen molar-refractivity contribution in [2.45, 2.75) is 50.4 Å². The summed E-state index contributed by atoms with van der Waals surface area (Å²) in [6, 6.07) is 3.08. The summed E-state index contributed by atoms with van der Waals surface area (Å²) in [4.78, 5) is 1.80. The Morgan fingerprint density at radius 2 is 1.70 bits per heavy atom. The van der Waals surface area contributed by atoms with E-state index >= 15 is 0 Å². The molecule has 1 saturated carbocycles. The Kier molecular flexibility index (Phi) is 5.42. The SMILES string of the molecule is CCC1CCC(N(C)c2c(F)cc(CBr)cc2F)CC1. The molecule has 1 nitrogen and oxygen atoms in total. The Labute approximate surface area is 128 Å². The van der Waals surface area contributed by atoms with E-state index in [-0.39, 0.29) is 11.7 Å². The Morgan fingerprint density at radius 3 is 2.15 bits per heavy atom. The maximum Gasteiger partial charge on any atom is 0.149 e. The fourth-order valence-electron chi connectivity index (χ4n) is 3.16. The molecule has 0 aliphatic heterocycles. The first-order valence-electron chi connectivity index (χ1n) is 7.33. The number of rotatable bonds is 4. The third-order valence-electron chi connectivity index (χ3n) is 4.53. The molecule has 0 bridgehead atoms. The largest absolute Gasteiger partial charge is 0.367 e. The Bertz CT molecular complexity index is 433. The monoisotopic (exact) mass is 345 g/mol. The standard InChI is InChI=1S/C16H22BrF2N/c1-3-11-4-6-13(7-5-11)20(2)16-14(18)8-12(10-17)9-15(16)19/h8-9,11,13H,3-7,10H2,1-2H3. The maximum atomic E-state index is 14.1. The van der Waals surface area contributed by atoms with Crippen LogP contribution >= 0.6 is 15.9 Å². The maximum absolute atomic E-state index is 14.1. The van der Waals surface area contributed by atoms with Crippen molar-refractivity contribution in [3.8, 4) is 0 Å². The van der Waals surface area contributed by atoms with Gasteiger partial charge in [0, 0.05) is 18.4 Å². The average molecular weight is 346 g/mol. The van der Waals surface area contributed by atoms with Crippen molar-refractivity contribution in [2.24, 2.45) is 5.92 Å². The molecule has 0 unspecified atom stereocenters. The molecule has 1 aliphatic carbocycles. The number of hydrogen-bond donors (Lipinski definition) is 0. The van der Waals surface area contributed by atoms with Crippen LogP contribution in [0, 0.1) is 17.6 Å². The lowest BCUT2D eigenvalue weighted by Crippen LogP contribution is -2.36. The van der Waals surface area contributed by atoms with E-state index in [1.165, 1.54) is 18.6 Å². The van der Waals surface area contributed by atoms with Crippen LogP contribution < -0.4 is 4.90 Å². The van der Waals surface area contributed by atoms with Crippen LogP contribution in [0.5, 0.6) is 0 Å². The highest BCUT2D eigenvalue weighted by Crippen LogP contribution is 2.33. The molecule has 0 radical (unpaired) electrons. The number of benzene rings is 1. The summed E-state index contributed by atoms with van der Waals surface area (Å²) in [5, 5.41) is 0.465. The molecule has 0 atom stereocenters.